The summed E-state index contributed by atoms with van der Waals surface area (Å²) in [6, 6.07) is 16.6. The van der Waals surface area contributed by atoms with Crippen LogP contribution in [0.1, 0.15) is 30.0 Å². The van der Waals surface area contributed by atoms with Crippen LogP contribution in [0.3, 0.4) is 0 Å². The van der Waals surface area contributed by atoms with Gasteiger partial charge in [0.15, 0.2) is 0 Å². The van der Waals surface area contributed by atoms with Gasteiger partial charge in [-0.15, -0.1) is 0 Å². The first-order valence-corrected chi connectivity index (χ1v) is 11.5. The van der Waals surface area contributed by atoms with E-state index in [1.807, 2.05) is 19.1 Å². The monoisotopic (exact) mass is 492 g/mol. The molecule has 36 heavy (non-hydrogen) atoms. The molecule has 1 aromatic heterocycles. The fraction of sp³-hybridized carbons (Fsp3) is 0.259. The van der Waals surface area contributed by atoms with Crippen LogP contribution in [0.15, 0.2) is 72.9 Å². The third-order valence-corrected chi connectivity index (χ3v) is 5.44. The molecular formula is C27H29FN4O4. The Kier molecular flexibility index (Phi) is 9.64. The minimum Gasteiger partial charge on any atom is -0.383 e. The number of anilines is 2. The minimum absolute atomic E-state index is 0.112. The van der Waals surface area contributed by atoms with Crippen LogP contribution in [0, 0.1) is 12.7 Å². The zero-order chi connectivity index (χ0) is 25.9. The van der Waals surface area contributed by atoms with Gasteiger partial charge < -0.3 is 15.4 Å². The SMILES string of the molecule is COCCNC(=O)[C@@H](c1ccc(F)cc1)N(C(=O)CCC(=O)Nc1ccccn1)c1ccccc1C. The number of nitrogens with zero attached hydrogens (tertiary/aromatic N) is 2. The first-order chi connectivity index (χ1) is 17.4. The largest absolute Gasteiger partial charge is 0.383 e. The summed E-state index contributed by atoms with van der Waals surface area (Å²) in [5.74, 6) is -1.34. The third kappa shape index (κ3) is 7.19. The van der Waals surface area contributed by atoms with Crippen LogP contribution in [0.5, 0.6) is 0 Å². The molecule has 3 aromatic rings. The Balaban J connectivity index is 1.91. The van der Waals surface area contributed by atoms with Gasteiger partial charge in [0, 0.05) is 38.4 Å². The summed E-state index contributed by atoms with van der Waals surface area (Å²) in [6.07, 6.45) is 1.28. The number of para-hydroxylation sites is 1. The van der Waals surface area contributed by atoms with E-state index in [1.54, 1.807) is 36.5 Å². The van der Waals surface area contributed by atoms with Gasteiger partial charge in [0.25, 0.3) is 0 Å². The molecule has 0 unspecified atom stereocenters. The van der Waals surface area contributed by atoms with Gasteiger partial charge in [-0.1, -0.05) is 36.4 Å². The van der Waals surface area contributed by atoms with Gasteiger partial charge in [0.1, 0.15) is 17.7 Å². The standard InChI is InChI=1S/C27H29FN4O4/c1-19-7-3-4-8-22(19)32(25(34)15-14-24(33)31-23-9-5-6-16-29-23)26(27(35)30-17-18-36-2)20-10-12-21(28)13-11-20/h3-13,16,26H,14-15,17-18H2,1-2H3,(H,30,35)(H,29,31,33)/t26-/m1/s1. The number of carbonyl (C=O) groups excluding carboxylic acids is 3. The lowest BCUT2D eigenvalue weighted by Gasteiger charge is -2.32. The maximum Gasteiger partial charge on any atom is 0.247 e. The number of hydrogen-bond acceptors (Lipinski definition) is 5. The first kappa shape index (κ1) is 26.5. The topological polar surface area (TPSA) is 101 Å². The maximum absolute atomic E-state index is 13.7. The number of carbonyl (C=O) groups is 3. The Morgan fingerprint density at radius 2 is 1.72 bits per heavy atom. The fourth-order valence-electron chi connectivity index (χ4n) is 3.67. The quantitative estimate of drug-likeness (QED) is 0.397. The molecule has 0 radical (unpaired) electrons. The fourth-order valence-corrected chi connectivity index (χ4v) is 3.67. The number of amides is 3. The zero-order valence-electron chi connectivity index (χ0n) is 20.2. The lowest BCUT2D eigenvalue weighted by molar-refractivity contribution is -0.127. The lowest BCUT2D eigenvalue weighted by atomic mass is 10.0. The van der Waals surface area contributed by atoms with Crippen LogP contribution in [0.2, 0.25) is 0 Å². The molecule has 3 rings (SSSR count). The molecule has 0 fully saturated rings. The Bertz CT molecular complexity index is 1170. The van der Waals surface area contributed by atoms with Crippen LogP contribution < -0.4 is 15.5 Å². The van der Waals surface area contributed by atoms with Gasteiger partial charge in [-0.2, -0.15) is 0 Å². The first-order valence-electron chi connectivity index (χ1n) is 11.5. The Morgan fingerprint density at radius 3 is 2.39 bits per heavy atom. The van der Waals surface area contributed by atoms with Crippen LogP contribution >= 0.6 is 0 Å². The summed E-state index contributed by atoms with van der Waals surface area (Å²) in [5, 5.41) is 5.44. The van der Waals surface area contributed by atoms with Crippen molar-refractivity contribution in [2.24, 2.45) is 0 Å². The van der Waals surface area contributed by atoms with E-state index in [9.17, 15) is 18.8 Å². The molecule has 0 saturated carbocycles. The molecule has 1 atom stereocenters. The van der Waals surface area contributed by atoms with Gasteiger partial charge in [-0.25, -0.2) is 9.37 Å². The van der Waals surface area contributed by atoms with Crippen LogP contribution in [-0.2, 0) is 19.1 Å². The second-order valence-corrected chi connectivity index (χ2v) is 8.05. The van der Waals surface area contributed by atoms with E-state index in [0.29, 0.717) is 17.1 Å². The molecule has 3 amide bonds. The molecule has 0 aliphatic heterocycles. The van der Waals surface area contributed by atoms with Gasteiger partial charge in [0.2, 0.25) is 17.7 Å². The molecule has 2 N–H and O–H groups in total. The Labute approximate surface area is 209 Å². The Morgan fingerprint density at radius 1 is 1.00 bits per heavy atom. The van der Waals surface area contributed by atoms with Crippen molar-refractivity contribution >= 4 is 29.2 Å². The predicted octanol–water partition coefficient (Wildman–Crippen LogP) is 3.78. The van der Waals surface area contributed by atoms with E-state index in [4.69, 9.17) is 4.74 Å². The average Bonchev–Trinajstić information content (AvgIpc) is 2.88. The summed E-state index contributed by atoms with van der Waals surface area (Å²) in [4.78, 5) is 44.9. The highest BCUT2D eigenvalue weighted by Crippen LogP contribution is 2.31. The zero-order valence-corrected chi connectivity index (χ0v) is 20.2. The second-order valence-electron chi connectivity index (χ2n) is 8.05. The number of benzene rings is 2. The minimum atomic E-state index is -1.09. The van der Waals surface area contributed by atoms with Crippen LogP contribution in [0.25, 0.3) is 0 Å². The molecule has 0 aliphatic rings. The van der Waals surface area contributed by atoms with Crippen molar-refractivity contribution in [3.63, 3.8) is 0 Å². The molecule has 0 spiro atoms. The van der Waals surface area contributed by atoms with Gasteiger partial charge in [-0.3, -0.25) is 19.3 Å². The van der Waals surface area contributed by atoms with Crippen LogP contribution in [-0.4, -0.2) is 43.0 Å². The third-order valence-electron chi connectivity index (χ3n) is 5.44. The van der Waals surface area contributed by atoms with Crippen molar-refractivity contribution in [2.45, 2.75) is 25.8 Å². The average molecular weight is 493 g/mol. The highest BCUT2D eigenvalue weighted by molar-refractivity contribution is 6.03. The number of nitrogens with one attached hydrogen (secondary N) is 2. The van der Waals surface area contributed by atoms with Crippen molar-refractivity contribution < 1.29 is 23.5 Å². The summed E-state index contributed by atoms with van der Waals surface area (Å²) in [7, 11) is 1.52. The molecule has 0 aliphatic carbocycles. The molecule has 9 heteroatoms. The number of methoxy groups -OCH3 is 1. The molecule has 2 aromatic carbocycles. The van der Waals surface area contributed by atoms with E-state index < -0.39 is 23.7 Å². The van der Waals surface area contributed by atoms with E-state index in [2.05, 4.69) is 15.6 Å². The molecule has 0 bridgehead atoms. The number of ether oxygens (including phenoxy) is 1. The van der Waals surface area contributed by atoms with Crippen molar-refractivity contribution in [1.82, 2.24) is 10.3 Å². The normalized spacial score (nSPS) is 11.4. The van der Waals surface area contributed by atoms with Gasteiger partial charge in [-0.05, 0) is 48.4 Å². The van der Waals surface area contributed by atoms with Crippen molar-refractivity contribution in [2.75, 3.05) is 30.5 Å². The number of rotatable bonds is 11. The second kappa shape index (κ2) is 13.1. The van der Waals surface area contributed by atoms with E-state index >= 15 is 0 Å². The van der Waals surface area contributed by atoms with Gasteiger partial charge >= 0.3 is 0 Å². The molecule has 0 saturated heterocycles. The molecule has 188 valence electrons. The number of halogens is 1. The highest BCUT2D eigenvalue weighted by atomic mass is 19.1. The predicted molar refractivity (Wildman–Crippen MR) is 135 cm³/mol. The van der Waals surface area contributed by atoms with E-state index in [1.165, 1.54) is 36.3 Å². The number of aromatic nitrogens is 1. The lowest BCUT2D eigenvalue weighted by Crippen LogP contribution is -2.45. The van der Waals surface area contributed by atoms with Crippen molar-refractivity contribution in [3.05, 3.63) is 89.9 Å². The van der Waals surface area contributed by atoms with Crippen molar-refractivity contribution in [1.29, 1.82) is 0 Å². The van der Waals surface area contributed by atoms with E-state index in [0.717, 1.165) is 5.56 Å². The summed E-state index contributed by atoms with van der Waals surface area (Å²) in [5.41, 5.74) is 1.71. The molecule has 1 heterocycles. The molecular weight excluding hydrogens is 463 g/mol. The summed E-state index contributed by atoms with van der Waals surface area (Å²) >= 11 is 0. The molecule has 8 nitrogen and oxygen atoms in total. The highest BCUT2D eigenvalue weighted by Gasteiger charge is 2.33. The smallest absolute Gasteiger partial charge is 0.247 e. The summed E-state index contributed by atoms with van der Waals surface area (Å²) in [6.45, 7) is 2.34. The Hall–Kier alpha value is -4.11. The maximum atomic E-state index is 13.7. The number of aryl methyl sites for hydroxylation is 1. The van der Waals surface area contributed by atoms with E-state index in [-0.39, 0.29) is 31.9 Å². The summed E-state index contributed by atoms with van der Waals surface area (Å²) < 4.78 is 18.7. The van der Waals surface area contributed by atoms with Crippen LogP contribution in [0.4, 0.5) is 15.9 Å². The number of pyridine rings is 1. The van der Waals surface area contributed by atoms with Gasteiger partial charge in [0.05, 0.1) is 6.61 Å². The number of hydrogen-bond donors (Lipinski definition) is 2. The van der Waals surface area contributed by atoms with Crippen molar-refractivity contribution in [3.8, 4) is 0 Å².